The molecule has 1 N–H and O–H groups in total. The molecule has 0 saturated heterocycles. The number of hydrogen-bond acceptors (Lipinski definition) is 4. The van der Waals surface area contributed by atoms with Gasteiger partial charge in [0, 0.05) is 17.1 Å². The first-order valence-corrected chi connectivity index (χ1v) is 5.85. The van der Waals surface area contributed by atoms with E-state index in [9.17, 15) is 4.79 Å². The zero-order valence-electron chi connectivity index (χ0n) is 8.53. The molecule has 1 aliphatic heterocycles. The van der Waals surface area contributed by atoms with Crippen molar-refractivity contribution in [2.75, 3.05) is 18.5 Å². The van der Waals surface area contributed by atoms with Crippen LogP contribution in [0.5, 0.6) is 0 Å². The molecule has 0 amide bonds. The average Bonchev–Trinajstić information content (AvgIpc) is 2.29. The molecular weight excluding hydrogens is 210 g/mol. The number of carbonyl (C=O) groups excluding carboxylic acids is 1. The van der Waals surface area contributed by atoms with Gasteiger partial charge in [-0.15, -0.1) is 11.8 Å². The van der Waals surface area contributed by atoms with Gasteiger partial charge in [-0.05, 0) is 19.1 Å². The number of thioether (sulfide) groups is 1. The summed E-state index contributed by atoms with van der Waals surface area (Å²) in [6.07, 6.45) is 0. The SMILES string of the molecule is CCOC(=O)[C@H]1CNc2ccccc2S1. The fraction of sp³-hybridized carbons (Fsp3) is 0.364. The Morgan fingerprint density at radius 1 is 1.60 bits per heavy atom. The van der Waals surface area contributed by atoms with Crippen LogP contribution in [0.4, 0.5) is 5.69 Å². The third-order valence-electron chi connectivity index (χ3n) is 2.18. The lowest BCUT2D eigenvalue weighted by atomic mass is 10.3. The van der Waals surface area contributed by atoms with Gasteiger partial charge in [-0.1, -0.05) is 12.1 Å². The first-order chi connectivity index (χ1) is 7.31. The standard InChI is InChI=1S/C11H13NO2S/c1-2-14-11(13)10-7-12-8-5-3-4-6-9(8)15-10/h3-6,10,12H,2,7H2,1H3/t10-/m1/s1. The predicted octanol–water partition coefficient (Wildman–Crippen LogP) is 2.14. The fourth-order valence-corrected chi connectivity index (χ4v) is 2.54. The van der Waals surface area contributed by atoms with E-state index in [4.69, 9.17) is 4.74 Å². The molecule has 4 heteroatoms. The number of anilines is 1. The normalized spacial score (nSPS) is 18.9. The molecular formula is C11H13NO2S. The van der Waals surface area contributed by atoms with Crippen molar-refractivity contribution in [1.82, 2.24) is 0 Å². The minimum absolute atomic E-state index is 0.125. The lowest BCUT2D eigenvalue weighted by Gasteiger charge is -2.23. The summed E-state index contributed by atoms with van der Waals surface area (Å²) in [6.45, 7) is 2.91. The van der Waals surface area contributed by atoms with Gasteiger partial charge in [-0.2, -0.15) is 0 Å². The summed E-state index contributed by atoms with van der Waals surface area (Å²) in [7, 11) is 0. The second-order valence-corrected chi connectivity index (χ2v) is 4.48. The Balaban J connectivity index is 2.08. The highest BCUT2D eigenvalue weighted by Gasteiger charge is 2.25. The molecule has 0 aromatic heterocycles. The molecule has 0 spiro atoms. The van der Waals surface area contributed by atoms with Gasteiger partial charge in [0.05, 0.1) is 6.61 Å². The molecule has 0 bridgehead atoms. The molecule has 1 atom stereocenters. The number of nitrogens with one attached hydrogen (secondary N) is 1. The summed E-state index contributed by atoms with van der Waals surface area (Å²) in [5, 5.41) is 3.11. The van der Waals surface area contributed by atoms with E-state index < -0.39 is 0 Å². The van der Waals surface area contributed by atoms with Gasteiger partial charge < -0.3 is 10.1 Å². The van der Waals surface area contributed by atoms with Crippen molar-refractivity contribution in [2.45, 2.75) is 17.1 Å². The molecule has 15 heavy (non-hydrogen) atoms. The van der Waals surface area contributed by atoms with Crippen molar-refractivity contribution in [3.05, 3.63) is 24.3 Å². The molecule has 1 heterocycles. The van der Waals surface area contributed by atoms with Crippen molar-refractivity contribution in [3.63, 3.8) is 0 Å². The van der Waals surface area contributed by atoms with E-state index in [0.717, 1.165) is 10.6 Å². The summed E-state index contributed by atoms with van der Waals surface area (Å²) < 4.78 is 5.00. The van der Waals surface area contributed by atoms with Crippen molar-refractivity contribution in [2.24, 2.45) is 0 Å². The zero-order chi connectivity index (χ0) is 10.7. The van der Waals surface area contributed by atoms with Crippen LogP contribution in [-0.2, 0) is 9.53 Å². The Kier molecular flexibility index (Phi) is 3.16. The number of ether oxygens (including phenoxy) is 1. The second kappa shape index (κ2) is 4.57. The lowest BCUT2D eigenvalue weighted by Crippen LogP contribution is -2.30. The minimum Gasteiger partial charge on any atom is -0.465 e. The Hall–Kier alpha value is -1.16. The van der Waals surface area contributed by atoms with E-state index in [1.54, 1.807) is 11.8 Å². The van der Waals surface area contributed by atoms with Crippen molar-refractivity contribution >= 4 is 23.4 Å². The first-order valence-electron chi connectivity index (χ1n) is 4.97. The van der Waals surface area contributed by atoms with Crippen molar-refractivity contribution in [1.29, 1.82) is 0 Å². The molecule has 3 nitrogen and oxygen atoms in total. The number of para-hydroxylation sites is 1. The number of carbonyl (C=O) groups is 1. The van der Waals surface area contributed by atoms with E-state index in [-0.39, 0.29) is 11.2 Å². The molecule has 0 unspecified atom stereocenters. The molecule has 0 saturated carbocycles. The van der Waals surface area contributed by atoms with E-state index in [1.165, 1.54) is 0 Å². The van der Waals surface area contributed by atoms with Crippen LogP contribution >= 0.6 is 11.8 Å². The van der Waals surface area contributed by atoms with Crippen molar-refractivity contribution < 1.29 is 9.53 Å². The first kappa shape index (κ1) is 10.4. The monoisotopic (exact) mass is 223 g/mol. The Bertz CT molecular complexity index is 367. The highest BCUT2D eigenvalue weighted by molar-refractivity contribution is 8.00. The Morgan fingerprint density at radius 2 is 2.40 bits per heavy atom. The molecule has 1 aromatic rings. The Morgan fingerprint density at radius 3 is 3.20 bits per heavy atom. The summed E-state index contributed by atoms with van der Waals surface area (Å²) in [5.41, 5.74) is 1.10. The summed E-state index contributed by atoms with van der Waals surface area (Å²) in [6, 6.07) is 7.99. The predicted molar refractivity (Wildman–Crippen MR) is 61.2 cm³/mol. The maximum atomic E-state index is 11.5. The second-order valence-electron chi connectivity index (χ2n) is 3.24. The molecule has 1 aliphatic rings. The van der Waals surface area contributed by atoms with E-state index in [1.807, 2.05) is 31.2 Å². The van der Waals surface area contributed by atoms with Crippen LogP contribution in [0.1, 0.15) is 6.92 Å². The molecule has 2 rings (SSSR count). The zero-order valence-corrected chi connectivity index (χ0v) is 9.34. The number of esters is 1. The summed E-state index contributed by atoms with van der Waals surface area (Å²) >= 11 is 1.57. The molecule has 80 valence electrons. The van der Waals surface area contributed by atoms with Gasteiger partial charge >= 0.3 is 5.97 Å². The number of hydrogen-bond donors (Lipinski definition) is 1. The van der Waals surface area contributed by atoms with Crippen LogP contribution in [0.25, 0.3) is 0 Å². The van der Waals surface area contributed by atoms with Gasteiger partial charge in [-0.3, -0.25) is 4.79 Å². The van der Waals surface area contributed by atoms with Crippen LogP contribution in [-0.4, -0.2) is 24.4 Å². The quantitative estimate of drug-likeness (QED) is 0.780. The molecule has 0 aliphatic carbocycles. The van der Waals surface area contributed by atoms with Crippen molar-refractivity contribution in [3.8, 4) is 0 Å². The van der Waals surface area contributed by atoms with E-state index in [0.29, 0.717) is 13.2 Å². The van der Waals surface area contributed by atoms with E-state index >= 15 is 0 Å². The molecule has 1 aromatic carbocycles. The van der Waals surface area contributed by atoms with E-state index in [2.05, 4.69) is 5.32 Å². The van der Waals surface area contributed by atoms with Crippen LogP contribution in [0.15, 0.2) is 29.2 Å². The third kappa shape index (κ3) is 2.26. The maximum Gasteiger partial charge on any atom is 0.321 e. The number of fused-ring (bicyclic) bond motifs is 1. The summed E-state index contributed by atoms with van der Waals surface area (Å²) in [5.74, 6) is -0.135. The molecule has 0 fully saturated rings. The highest BCUT2D eigenvalue weighted by atomic mass is 32.2. The topological polar surface area (TPSA) is 38.3 Å². The van der Waals surface area contributed by atoms with Gasteiger partial charge in [0.15, 0.2) is 0 Å². The van der Waals surface area contributed by atoms with Gasteiger partial charge in [0.2, 0.25) is 0 Å². The molecule has 0 radical (unpaired) electrons. The highest BCUT2D eigenvalue weighted by Crippen LogP contribution is 2.34. The fourth-order valence-electron chi connectivity index (χ4n) is 1.48. The maximum absolute atomic E-state index is 11.5. The number of rotatable bonds is 2. The van der Waals surface area contributed by atoms with Gasteiger partial charge in [0.1, 0.15) is 5.25 Å². The number of benzene rings is 1. The third-order valence-corrected chi connectivity index (χ3v) is 3.44. The van der Waals surface area contributed by atoms with Crippen LogP contribution < -0.4 is 5.32 Å². The van der Waals surface area contributed by atoms with Crippen LogP contribution in [0.2, 0.25) is 0 Å². The van der Waals surface area contributed by atoms with Crippen LogP contribution in [0, 0.1) is 0 Å². The smallest absolute Gasteiger partial charge is 0.321 e. The Labute approximate surface area is 93.2 Å². The van der Waals surface area contributed by atoms with Crippen LogP contribution in [0.3, 0.4) is 0 Å². The lowest BCUT2D eigenvalue weighted by molar-refractivity contribution is -0.142. The van der Waals surface area contributed by atoms with Gasteiger partial charge in [0.25, 0.3) is 0 Å². The minimum atomic E-state index is -0.135. The van der Waals surface area contributed by atoms with Gasteiger partial charge in [-0.25, -0.2) is 0 Å². The summed E-state index contributed by atoms with van der Waals surface area (Å²) in [4.78, 5) is 12.6. The largest absolute Gasteiger partial charge is 0.465 e. The average molecular weight is 223 g/mol.